The molecule has 0 saturated carbocycles. The first kappa shape index (κ1) is 15.3. The van der Waals surface area contributed by atoms with E-state index >= 15 is 0 Å². The Balaban J connectivity index is 1.65. The number of likely N-dealkylation sites (tertiary alicyclic amines) is 1. The highest BCUT2D eigenvalue weighted by Crippen LogP contribution is 2.19. The highest BCUT2D eigenvalue weighted by atomic mass is 16.2. The Hall–Kier alpha value is -2.58. The number of quaternary nitrogens is 1. The predicted octanol–water partition coefficient (Wildman–Crippen LogP) is 1.26. The van der Waals surface area contributed by atoms with Gasteiger partial charge in [-0.05, 0) is 30.3 Å². The van der Waals surface area contributed by atoms with E-state index in [0.29, 0.717) is 23.8 Å². The number of hydrogen-bond acceptors (Lipinski definition) is 2. The Morgan fingerprint density at radius 3 is 3.04 bits per heavy atom. The summed E-state index contributed by atoms with van der Waals surface area (Å²) < 4.78 is 2.14. The van der Waals surface area contributed by atoms with Gasteiger partial charge in [-0.25, -0.2) is 0 Å². The number of aryl methyl sites for hydroxylation is 1. The smallest absolute Gasteiger partial charge is 0.279 e. The van der Waals surface area contributed by atoms with Gasteiger partial charge < -0.3 is 14.8 Å². The van der Waals surface area contributed by atoms with Crippen molar-refractivity contribution in [2.75, 3.05) is 18.4 Å². The number of carbonyl (C=O) groups excluding carboxylic acids is 1. The first-order chi connectivity index (χ1) is 11.2. The van der Waals surface area contributed by atoms with Crippen LogP contribution in [0.15, 0.2) is 42.6 Å². The maximum Gasteiger partial charge on any atom is 0.279 e. The fourth-order valence-corrected chi connectivity index (χ4v) is 3.39. The number of aromatic nitrogens is 1. The van der Waals surface area contributed by atoms with Crippen LogP contribution in [0, 0.1) is 11.3 Å². The second-order valence-electron chi connectivity index (χ2n) is 6.06. The van der Waals surface area contributed by atoms with Crippen LogP contribution in [-0.2, 0) is 11.8 Å². The number of carbonyl (C=O) groups is 1. The van der Waals surface area contributed by atoms with E-state index < -0.39 is 0 Å². The lowest BCUT2D eigenvalue weighted by Gasteiger charge is -2.21. The maximum atomic E-state index is 12.3. The highest BCUT2D eigenvalue weighted by molar-refractivity contribution is 5.91. The van der Waals surface area contributed by atoms with Crippen LogP contribution in [0.5, 0.6) is 0 Å². The number of nitrogens with one attached hydrogen (secondary N) is 2. The van der Waals surface area contributed by atoms with E-state index in [1.54, 1.807) is 18.2 Å². The number of nitriles is 1. The summed E-state index contributed by atoms with van der Waals surface area (Å²) in [6, 6.07) is 13.7. The topological polar surface area (TPSA) is 62.3 Å². The maximum absolute atomic E-state index is 12.3. The zero-order valence-electron chi connectivity index (χ0n) is 13.2. The lowest BCUT2D eigenvalue weighted by molar-refractivity contribution is -0.910. The molecule has 1 aromatic heterocycles. The molecule has 2 atom stereocenters. The van der Waals surface area contributed by atoms with E-state index in [9.17, 15) is 4.79 Å². The van der Waals surface area contributed by atoms with Gasteiger partial charge in [0.15, 0.2) is 6.54 Å². The minimum absolute atomic E-state index is 0.00352. The van der Waals surface area contributed by atoms with Gasteiger partial charge in [0, 0.05) is 31.8 Å². The van der Waals surface area contributed by atoms with Crippen LogP contribution in [0.2, 0.25) is 0 Å². The number of rotatable bonds is 4. The first-order valence-electron chi connectivity index (χ1n) is 7.93. The Kier molecular flexibility index (Phi) is 4.45. The Morgan fingerprint density at radius 2 is 2.30 bits per heavy atom. The van der Waals surface area contributed by atoms with Crippen LogP contribution in [0.25, 0.3) is 0 Å². The normalized spacial score (nSPS) is 20.2. The van der Waals surface area contributed by atoms with Crippen molar-refractivity contribution in [3.8, 4) is 6.07 Å². The average molecular weight is 309 g/mol. The van der Waals surface area contributed by atoms with Gasteiger partial charge in [-0.3, -0.25) is 4.79 Å². The molecule has 3 rings (SSSR count). The molecule has 23 heavy (non-hydrogen) atoms. The van der Waals surface area contributed by atoms with Crippen molar-refractivity contribution in [2.24, 2.45) is 7.05 Å². The van der Waals surface area contributed by atoms with Crippen LogP contribution in [0.1, 0.15) is 30.1 Å². The van der Waals surface area contributed by atoms with E-state index in [0.717, 1.165) is 19.4 Å². The molecule has 118 valence electrons. The van der Waals surface area contributed by atoms with Gasteiger partial charge >= 0.3 is 0 Å². The molecule has 0 radical (unpaired) electrons. The van der Waals surface area contributed by atoms with E-state index in [1.807, 2.05) is 6.07 Å². The molecule has 1 fully saturated rings. The first-order valence-corrected chi connectivity index (χ1v) is 7.93. The minimum Gasteiger partial charge on any atom is -0.350 e. The van der Waals surface area contributed by atoms with Crippen LogP contribution in [0.3, 0.4) is 0 Å². The summed E-state index contributed by atoms with van der Waals surface area (Å²) >= 11 is 0. The van der Waals surface area contributed by atoms with Crippen molar-refractivity contribution in [1.29, 1.82) is 5.26 Å². The number of nitrogens with zero attached hydrogens (tertiary/aromatic N) is 2. The summed E-state index contributed by atoms with van der Waals surface area (Å²) in [4.78, 5) is 13.7. The van der Waals surface area contributed by atoms with Gasteiger partial charge in [0.25, 0.3) is 5.91 Å². The molecule has 0 spiro atoms. The Labute approximate surface area is 136 Å². The molecule has 1 aromatic carbocycles. The van der Waals surface area contributed by atoms with E-state index in [-0.39, 0.29) is 5.91 Å². The molecule has 5 heteroatoms. The minimum atomic E-state index is -0.00352. The molecule has 1 saturated heterocycles. The molecule has 0 aliphatic carbocycles. The number of hydrogen-bond donors (Lipinski definition) is 2. The van der Waals surface area contributed by atoms with Crippen molar-refractivity contribution in [3.63, 3.8) is 0 Å². The molecular formula is C18H21N4O+. The molecule has 1 amide bonds. The quantitative estimate of drug-likeness (QED) is 0.893. The zero-order chi connectivity index (χ0) is 16.2. The molecule has 0 bridgehead atoms. The monoisotopic (exact) mass is 309 g/mol. The molecule has 1 unspecified atom stereocenters. The molecule has 2 heterocycles. The summed E-state index contributed by atoms with van der Waals surface area (Å²) in [6.45, 7) is 1.47. The standard InChI is InChI=1S/C18H20N4O/c1-21-9-3-7-16(21)17-8-4-10-22(17)13-18(23)20-15-6-2-5-14(11-15)12-19/h2-3,5-7,9,11,17H,4,8,10,13H2,1H3,(H,20,23)/p+1/t17-/m0/s1. The van der Waals surface area contributed by atoms with Crippen molar-refractivity contribution < 1.29 is 9.69 Å². The summed E-state index contributed by atoms with van der Waals surface area (Å²) in [7, 11) is 2.05. The van der Waals surface area contributed by atoms with Gasteiger partial charge in [-0.2, -0.15) is 5.26 Å². The van der Waals surface area contributed by atoms with Crippen molar-refractivity contribution >= 4 is 11.6 Å². The van der Waals surface area contributed by atoms with Gasteiger partial charge in [-0.15, -0.1) is 0 Å². The molecule has 2 N–H and O–H groups in total. The van der Waals surface area contributed by atoms with E-state index in [4.69, 9.17) is 5.26 Å². The molecule has 1 aliphatic rings. The van der Waals surface area contributed by atoms with Gasteiger partial charge in [0.2, 0.25) is 0 Å². The number of amides is 1. The zero-order valence-corrected chi connectivity index (χ0v) is 13.2. The van der Waals surface area contributed by atoms with Gasteiger partial charge in [-0.1, -0.05) is 6.07 Å². The Bertz CT molecular complexity index is 743. The second-order valence-corrected chi connectivity index (χ2v) is 6.06. The highest BCUT2D eigenvalue weighted by Gasteiger charge is 2.32. The molecule has 1 aliphatic heterocycles. The molecule has 2 aromatic rings. The number of anilines is 1. The Morgan fingerprint density at radius 1 is 1.43 bits per heavy atom. The van der Waals surface area contributed by atoms with Gasteiger partial charge in [0.1, 0.15) is 6.04 Å². The van der Waals surface area contributed by atoms with Crippen LogP contribution in [0.4, 0.5) is 5.69 Å². The van der Waals surface area contributed by atoms with Crippen molar-refractivity contribution in [2.45, 2.75) is 18.9 Å². The lowest BCUT2D eigenvalue weighted by Crippen LogP contribution is -3.11. The van der Waals surface area contributed by atoms with Gasteiger partial charge in [0.05, 0.1) is 23.9 Å². The van der Waals surface area contributed by atoms with Crippen LogP contribution < -0.4 is 10.2 Å². The molecule has 5 nitrogen and oxygen atoms in total. The lowest BCUT2D eigenvalue weighted by atomic mass is 10.1. The molecular weight excluding hydrogens is 288 g/mol. The fraction of sp³-hybridized carbons (Fsp3) is 0.333. The van der Waals surface area contributed by atoms with Crippen molar-refractivity contribution in [3.05, 3.63) is 53.9 Å². The summed E-state index contributed by atoms with van der Waals surface area (Å²) in [5.74, 6) is -0.00352. The summed E-state index contributed by atoms with van der Waals surface area (Å²) in [6.07, 6.45) is 4.31. The van der Waals surface area contributed by atoms with Crippen LogP contribution in [-0.4, -0.2) is 23.6 Å². The third-order valence-electron chi connectivity index (χ3n) is 4.49. The number of benzene rings is 1. The predicted molar refractivity (Wildman–Crippen MR) is 87.9 cm³/mol. The SMILES string of the molecule is Cn1cccc1[C@@H]1CCC[NH+]1CC(=O)Nc1cccc(C#N)c1. The van der Waals surface area contributed by atoms with Crippen molar-refractivity contribution in [1.82, 2.24) is 4.57 Å². The summed E-state index contributed by atoms with van der Waals surface area (Å²) in [5, 5.41) is 11.8. The summed E-state index contributed by atoms with van der Waals surface area (Å²) in [5.41, 5.74) is 2.53. The van der Waals surface area contributed by atoms with Crippen LogP contribution >= 0.6 is 0 Å². The fourth-order valence-electron chi connectivity index (χ4n) is 3.39. The largest absolute Gasteiger partial charge is 0.350 e. The van der Waals surface area contributed by atoms with E-state index in [2.05, 4.69) is 41.3 Å². The third-order valence-corrected chi connectivity index (χ3v) is 4.49. The van der Waals surface area contributed by atoms with E-state index in [1.165, 1.54) is 10.6 Å². The average Bonchev–Trinajstić information content (AvgIpc) is 3.15. The second kappa shape index (κ2) is 6.67. The third kappa shape index (κ3) is 3.43.